The smallest absolute Gasteiger partial charge is 0.122 e. The van der Waals surface area contributed by atoms with E-state index in [0.29, 0.717) is 12.0 Å². The number of rotatable bonds is 4. The third kappa shape index (κ3) is 3.01. The van der Waals surface area contributed by atoms with Crippen LogP contribution in [0.15, 0.2) is 18.2 Å². The lowest BCUT2D eigenvalue weighted by Crippen LogP contribution is -2.29. The van der Waals surface area contributed by atoms with E-state index in [-0.39, 0.29) is 0 Å². The molecule has 1 N–H and O–H groups in total. The second-order valence-electron chi connectivity index (χ2n) is 5.17. The standard InChI is InChI=1S/C15H23NO/c1-11-7-8-14(12(2)9-11)17-15-6-4-5-13(15)10-16-3/h7-9,13,15-16H,4-6,10H2,1-3H3. The van der Waals surface area contributed by atoms with Crippen LogP contribution in [0.5, 0.6) is 5.75 Å². The largest absolute Gasteiger partial charge is 0.490 e. The Kier molecular flexibility index (Phi) is 4.06. The summed E-state index contributed by atoms with van der Waals surface area (Å²) >= 11 is 0. The van der Waals surface area contributed by atoms with Gasteiger partial charge in [-0.2, -0.15) is 0 Å². The predicted octanol–water partition coefficient (Wildman–Crippen LogP) is 3.07. The SMILES string of the molecule is CNCC1CCCC1Oc1ccc(C)cc1C. The first-order valence-corrected chi connectivity index (χ1v) is 6.59. The van der Waals surface area contributed by atoms with Crippen LogP contribution in [-0.4, -0.2) is 19.7 Å². The van der Waals surface area contributed by atoms with Crippen LogP contribution in [0.2, 0.25) is 0 Å². The molecule has 2 nitrogen and oxygen atoms in total. The minimum atomic E-state index is 0.392. The van der Waals surface area contributed by atoms with Crippen molar-refractivity contribution in [1.82, 2.24) is 5.32 Å². The molecule has 2 unspecified atom stereocenters. The summed E-state index contributed by atoms with van der Waals surface area (Å²) in [6, 6.07) is 6.43. The average molecular weight is 233 g/mol. The molecule has 94 valence electrons. The first-order chi connectivity index (χ1) is 8.20. The third-order valence-electron chi connectivity index (χ3n) is 3.66. The molecule has 0 saturated heterocycles. The van der Waals surface area contributed by atoms with Gasteiger partial charge in [-0.15, -0.1) is 0 Å². The van der Waals surface area contributed by atoms with Crippen LogP contribution >= 0.6 is 0 Å². The van der Waals surface area contributed by atoms with Gasteiger partial charge in [0.25, 0.3) is 0 Å². The maximum Gasteiger partial charge on any atom is 0.122 e. The summed E-state index contributed by atoms with van der Waals surface area (Å²) in [5.41, 5.74) is 2.55. The Hall–Kier alpha value is -1.02. The van der Waals surface area contributed by atoms with Gasteiger partial charge in [0.15, 0.2) is 0 Å². The van der Waals surface area contributed by atoms with Gasteiger partial charge in [-0.05, 0) is 51.8 Å². The van der Waals surface area contributed by atoms with Crippen molar-refractivity contribution in [1.29, 1.82) is 0 Å². The van der Waals surface area contributed by atoms with Crippen molar-refractivity contribution in [2.75, 3.05) is 13.6 Å². The molecular formula is C15H23NO. The summed E-state index contributed by atoms with van der Waals surface area (Å²) in [4.78, 5) is 0. The van der Waals surface area contributed by atoms with Gasteiger partial charge in [0.1, 0.15) is 11.9 Å². The second kappa shape index (κ2) is 5.54. The van der Waals surface area contributed by atoms with Crippen molar-refractivity contribution in [3.63, 3.8) is 0 Å². The Labute approximate surface area is 104 Å². The highest BCUT2D eigenvalue weighted by atomic mass is 16.5. The van der Waals surface area contributed by atoms with E-state index < -0.39 is 0 Å². The van der Waals surface area contributed by atoms with Gasteiger partial charge < -0.3 is 10.1 Å². The topological polar surface area (TPSA) is 21.3 Å². The molecule has 0 radical (unpaired) electrons. The number of benzene rings is 1. The highest BCUT2D eigenvalue weighted by Crippen LogP contribution is 2.30. The fourth-order valence-corrected chi connectivity index (χ4v) is 2.75. The van der Waals surface area contributed by atoms with E-state index in [1.54, 1.807) is 0 Å². The van der Waals surface area contributed by atoms with Crippen molar-refractivity contribution in [2.45, 2.75) is 39.2 Å². The molecule has 1 aliphatic carbocycles. The van der Waals surface area contributed by atoms with Crippen molar-refractivity contribution < 1.29 is 4.74 Å². The molecule has 2 atom stereocenters. The highest BCUT2D eigenvalue weighted by Gasteiger charge is 2.28. The lowest BCUT2D eigenvalue weighted by atomic mass is 10.1. The van der Waals surface area contributed by atoms with Gasteiger partial charge in [0, 0.05) is 12.5 Å². The molecule has 0 spiro atoms. The Bertz CT molecular complexity index is 375. The zero-order chi connectivity index (χ0) is 12.3. The quantitative estimate of drug-likeness (QED) is 0.863. The van der Waals surface area contributed by atoms with E-state index in [2.05, 4.69) is 37.4 Å². The molecule has 2 rings (SSSR count). The summed E-state index contributed by atoms with van der Waals surface area (Å²) in [5.74, 6) is 1.73. The van der Waals surface area contributed by atoms with E-state index in [4.69, 9.17) is 4.74 Å². The monoisotopic (exact) mass is 233 g/mol. The molecule has 1 aromatic rings. The lowest BCUT2D eigenvalue weighted by Gasteiger charge is -2.22. The van der Waals surface area contributed by atoms with Gasteiger partial charge in [0.05, 0.1) is 0 Å². The number of ether oxygens (including phenoxy) is 1. The molecule has 0 aliphatic heterocycles. The normalized spacial score (nSPS) is 23.9. The number of aryl methyl sites for hydroxylation is 2. The summed E-state index contributed by atoms with van der Waals surface area (Å²) in [5, 5.41) is 3.27. The van der Waals surface area contributed by atoms with Crippen molar-refractivity contribution in [3.8, 4) is 5.75 Å². The Morgan fingerprint density at radius 2 is 2.12 bits per heavy atom. The van der Waals surface area contributed by atoms with Crippen LogP contribution in [0.1, 0.15) is 30.4 Å². The summed E-state index contributed by atoms with van der Waals surface area (Å²) in [6.45, 7) is 5.32. The van der Waals surface area contributed by atoms with E-state index in [1.165, 1.54) is 30.4 Å². The van der Waals surface area contributed by atoms with Crippen LogP contribution < -0.4 is 10.1 Å². The molecule has 1 aromatic carbocycles. The second-order valence-corrected chi connectivity index (χ2v) is 5.17. The van der Waals surface area contributed by atoms with Gasteiger partial charge >= 0.3 is 0 Å². The molecule has 1 saturated carbocycles. The zero-order valence-electron chi connectivity index (χ0n) is 11.1. The van der Waals surface area contributed by atoms with Crippen molar-refractivity contribution in [3.05, 3.63) is 29.3 Å². The van der Waals surface area contributed by atoms with Crippen LogP contribution in [0.3, 0.4) is 0 Å². The molecule has 0 bridgehead atoms. The highest BCUT2D eigenvalue weighted by molar-refractivity contribution is 5.35. The first kappa shape index (κ1) is 12.4. The Morgan fingerprint density at radius 3 is 2.82 bits per heavy atom. The molecular weight excluding hydrogens is 210 g/mol. The zero-order valence-corrected chi connectivity index (χ0v) is 11.1. The van der Waals surface area contributed by atoms with Gasteiger partial charge in [-0.3, -0.25) is 0 Å². The molecule has 1 fully saturated rings. The van der Waals surface area contributed by atoms with Crippen LogP contribution in [0.4, 0.5) is 0 Å². The fraction of sp³-hybridized carbons (Fsp3) is 0.600. The summed E-state index contributed by atoms with van der Waals surface area (Å²) in [6.07, 6.45) is 4.17. The maximum absolute atomic E-state index is 6.19. The predicted molar refractivity (Wildman–Crippen MR) is 71.6 cm³/mol. The average Bonchev–Trinajstić information content (AvgIpc) is 2.71. The van der Waals surface area contributed by atoms with Crippen LogP contribution in [0, 0.1) is 19.8 Å². The van der Waals surface area contributed by atoms with E-state index in [0.717, 1.165) is 12.3 Å². The van der Waals surface area contributed by atoms with Crippen molar-refractivity contribution >= 4 is 0 Å². The van der Waals surface area contributed by atoms with Crippen LogP contribution in [0.25, 0.3) is 0 Å². The van der Waals surface area contributed by atoms with Gasteiger partial charge in [-0.25, -0.2) is 0 Å². The Morgan fingerprint density at radius 1 is 1.29 bits per heavy atom. The first-order valence-electron chi connectivity index (χ1n) is 6.59. The van der Waals surface area contributed by atoms with Crippen LogP contribution in [-0.2, 0) is 0 Å². The minimum absolute atomic E-state index is 0.392. The van der Waals surface area contributed by atoms with E-state index >= 15 is 0 Å². The molecule has 17 heavy (non-hydrogen) atoms. The maximum atomic E-state index is 6.19. The minimum Gasteiger partial charge on any atom is -0.490 e. The van der Waals surface area contributed by atoms with Gasteiger partial charge in [-0.1, -0.05) is 17.7 Å². The molecule has 0 amide bonds. The Balaban J connectivity index is 2.04. The van der Waals surface area contributed by atoms with Crippen molar-refractivity contribution in [2.24, 2.45) is 5.92 Å². The lowest BCUT2D eigenvalue weighted by molar-refractivity contribution is 0.157. The van der Waals surface area contributed by atoms with E-state index in [9.17, 15) is 0 Å². The number of nitrogens with one attached hydrogen (secondary N) is 1. The number of hydrogen-bond acceptors (Lipinski definition) is 2. The van der Waals surface area contributed by atoms with Gasteiger partial charge in [0.2, 0.25) is 0 Å². The number of hydrogen-bond donors (Lipinski definition) is 1. The molecule has 0 aromatic heterocycles. The fourth-order valence-electron chi connectivity index (χ4n) is 2.75. The molecule has 2 heteroatoms. The summed E-state index contributed by atoms with van der Waals surface area (Å²) in [7, 11) is 2.02. The third-order valence-corrected chi connectivity index (χ3v) is 3.66. The summed E-state index contributed by atoms with van der Waals surface area (Å²) < 4.78 is 6.19. The molecule has 0 heterocycles. The van der Waals surface area contributed by atoms with E-state index in [1.807, 2.05) is 7.05 Å². The molecule has 1 aliphatic rings.